The van der Waals surface area contributed by atoms with Crippen molar-refractivity contribution < 1.29 is 22.7 Å². The second kappa shape index (κ2) is 7.85. The molecule has 0 radical (unpaired) electrons. The SMILES string of the molecule is Cn1c([C@@H]2CCN(C(=O)NCc3ccc(OC(F)(F)F)cc3)C2)nc2cccnc21. The summed E-state index contributed by atoms with van der Waals surface area (Å²) in [7, 11) is 1.92. The first-order valence-corrected chi connectivity index (χ1v) is 9.45. The van der Waals surface area contributed by atoms with Gasteiger partial charge in [-0.25, -0.2) is 14.8 Å². The van der Waals surface area contributed by atoms with Gasteiger partial charge >= 0.3 is 12.4 Å². The lowest BCUT2D eigenvalue weighted by molar-refractivity contribution is -0.274. The van der Waals surface area contributed by atoms with Crippen molar-refractivity contribution in [1.82, 2.24) is 24.8 Å². The minimum atomic E-state index is -4.73. The summed E-state index contributed by atoms with van der Waals surface area (Å²) in [6.45, 7) is 1.36. The van der Waals surface area contributed by atoms with Crippen molar-refractivity contribution in [3.05, 3.63) is 54.0 Å². The van der Waals surface area contributed by atoms with Crippen molar-refractivity contribution in [2.75, 3.05) is 13.1 Å². The van der Waals surface area contributed by atoms with Crippen LogP contribution in [0.2, 0.25) is 0 Å². The molecule has 4 rings (SSSR count). The second-order valence-electron chi connectivity index (χ2n) is 7.16. The predicted molar refractivity (Wildman–Crippen MR) is 103 cm³/mol. The number of carbonyl (C=O) groups is 1. The first kappa shape index (κ1) is 20.0. The molecule has 30 heavy (non-hydrogen) atoms. The van der Waals surface area contributed by atoms with Crippen LogP contribution < -0.4 is 10.1 Å². The molecule has 0 bridgehead atoms. The molecule has 1 saturated heterocycles. The van der Waals surface area contributed by atoms with Crippen LogP contribution >= 0.6 is 0 Å². The Morgan fingerprint density at radius 2 is 2.03 bits per heavy atom. The topological polar surface area (TPSA) is 72.3 Å². The monoisotopic (exact) mass is 419 g/mol. The van der Waals surface area contributed by atoms with Crippen LogP contribution in [0.25, 0.3) is 11.2 Å². The Balaban J connectivity index is 1.33. The minimum Gasteiger partial charge on any atom is -0.406 e. The molecule has 158 valence electrons. The van der Waals surface area contributed by atoms with E-state index in [9.17, 15) is 18.0 Å². The summed E-state index contributed by atoms with van der Waals surface area (Å²) in [4.78, 5) is 23.2. The van der Waals surface area contributed by atoms with Crippen molar-refractivity contribution in [2.45, 2.75) is 25.2 Å². The van der Waals surface area contributed by atoms with Crippen LogP contribution in [0.5, 0.6) is 5.75 Å². The third kappa shape index (κ3) is 4.32. The number of halogens is 3. The molecule has 1 N–H and O–H groups in total. The number of likely N-dealkylation sites (tertiary alicyclic amines) is 1. The van der Waals surface area contributed by atoms with Crippen molar-refractivity contribution in [3.8, 4) is 5.75 Å². The molecule has 1 aliphatic rings. The zero-order valence-corrected chi connectivity index (χ0v) is 16.2. The van der Waals surface area contributed by atoms with Crippen LogP contribution in [-0.2, 0) is 13.6 Å². The molecule has 10 heteroatoms. The molecule has 0 saturated carbocycles. The zero-order valence-electron chi connectivity index (χ0n) is 16.2. The number of imidazole rings is 1. The number of pyridine rings is 1. The molecule has 3 aromatic rings. The highest BCUT2D eigenvalue weighted by atomic mass is 19.4. The molecule has 0 unspecified atom stereocenters. The first-order chi connectivity index (χ1) is 14.3. The van der Waals surface area contributed by atoms with Gasteiger partial charge in [-0.2, -0.15) is 0 Å². The van der Waals surface area contributed by atoms with Crippen LogP contribution in [0.1, 0.15) is 23.7 Å². The van der Waals surface area contributed by atoms with Gasteiger partial charge in [0.25, 0.3) is 0 Å². The Bertz CT molecular complexity index is 1050. The highest BCUT2D eigenvalue weighted by molar-refractivity contribution is 5.75. The number of nitrogens with one attached hydrogen (secondary N) is 1. The zero-order chi connectivity index (χ0) is 21.3. The van der Waals surface area contributed by atoms with Crippen LogP contribution in [-0.4, -0.2) is 44.9 Å². The number of rotatable bonds is 4. The van der Waals surface area contributed by atoms with Gasteiger partial charge in [-0.15, -0.1) is 13.2 Å². The normalized spacial score (nSPS) is 16.8. The van der Waals surface area contributed by atoms with Crippen LogP contribution in [0.4, 0.5) is 18.0 Å². The fraction of sp³-hybridized carbons (Fsp3) is 0.350. The lowest BCUT2D eigenvalue weighted by Crippen LogP contribution is -2.38. The van der Waals surface area contributed by atoms with Crippen molar-refractivity contribution in [1.29, 1.82) is 0 Å². The minimum absolute atomic E-state index is 0.119. The fourth-order valence-corrected chi connectivity index (χ4v) is 3.66. The number of benzene rings is 1. The van der Waals surface area contributed by atoms with E-state index in [1.54, 1.807) is 11.1 Å². The second-order valence-corrected chi connectivity index (χ2v) is 7.16. The van der Waals surface area contributed by atoms with E-state index >= 15 is 0 Å². The Kier molecular flexibility index (Phi) is 5.23. The number of amides is 2. The van der Waals surface area contributed by atoms with Gasteiger partial charge in [0, 0.05) is 38.8 Å². The molecular weight excluding hydrogens is 399 g/mol. The summed E-state index contributed by atoms with van der Waals surface area (Å²) in [5.74, 6) is 0.727. The standard InChI is InChI=1S/C20H20F3N5O2/c1-27-17(26-16-3-2-9-24-18(16)27)14-8-10-28(12-14)19(29)25-11-13-4-6-15(7-5-13)30-20(21,22)23/h2-7,9,14H,8,10-12H2,1H3,(H,25,29)/t14-/m1/s1. The summed E-state index contributed by atoms with van der Waals surface area (Å²) in [6, 6.07) is 8.96. The quantitative estimate of drug-likeness (QED) is 0.702. The molecule has 1 atom stereocenters. The molecule has 1 fully saturated rings. The summed E-state index contributed by atoms with van der Waals surface area (Å²) in [5.41, 5.74) is 2.32. The van der Waals surface area contributed by atoms with E-state index in [0.717, 1.165) is 23.4 Å². The molecule has 2 amide bonds. The highest BCUT2D eigenvalue weighted by Gasteiger charge is 2.31. The van der Waals surface area contributed by atoms with Gasteiger partial charge in [0.05, 0.1) is 0 Å². The number of ether oxygens (including phenoxy) is 1. The van der Waals surface area contributed by atoms with E-state index in [4.69, 9.17) is 0 Å². The molecule has 2 aromatic heterocycles. The molecule has 3 heterocycles. The molecule has 1 aromatic carbocycles. The maximum atomic E-state index is 12.5. The maximum Gasteiger partial charge on any atom is 0.573 e. The highest BCUT2D eigenvalue weighted by Crippen LogP contribution is 2.28. The number of aromatic nitrogens is 3. The van der Waals surface area contributed by atoms with E-state index in [0.29, 0.717) is 18.7 Å². The van der Waals surface area contributed by atoms with Gasteiger partial charge in [0.2, 0.25) is 0 Å². The van der Waals surface area contributed by atoms with Crippen LogP contribution in [0.15, 0.2) is 42.6 Å². The Morgan fingerprint density at radius 3 is 2.73 bits per heavy atom. The molecule has 0 spiro atoms. The number of aryl methyl sites for hydroxylation is 1. The maximum absolute atomic E-state index is 12.5. The first-order valence-electron chi connectivity index (χ1n) is 9.45. The van der Waals surface area contributed by atoms with Crippen molar-refractivity contribution in [3.63, 3.8) is 0 Å². The van der Waals surface area contributed by atoms with E-state index in [1.807, 2.05) is 23.7 Å². The van der Waals surface area contributed by atoms with Crippen molar-refractivity contribution >= 4 is 17.2 Å². The molecule has 7 nitrogen and oxygen atoms in total. The van der Waals surface area contributed by atoms with Gasteiger partial charge in [0.1, 0.15) is 17.1 Å². The van der Waals surface area contributed by atoms with E-state index in [2.05, 4.69) is 20.0 Å². The number of hydrogen-bond acceptors (Lipinski definition) is 4. The number of hydrogen-bond donors (Lipinski definition) is 1. The summed E-state index contributed by atoms with van der Waals surface area (Å²) in [6.07, 6.45) is -2.20. The summed E-state index contributed by atoms with van der Waals surface area (Å²) < 4.78 is 42.4. The molecular formula is C20H20F3N5O2. The third-order valence-corrected chi connectivity index (χ3v) is 5.10. The van der Waals surface area contributed by atoms with E-state index in [1.165, 1.54) is 24.3 Å². The van der Waals surface area contributed by atoms with Crippen molar-refractivity contribution in [2.24, 2.45) is 7.05 Å². The Labute approximate surface area is 170 Å². The van der Waals surface area contributed by atoms with Gasteiger partial charge in [-0.1, -0.05) is 12.1 Å². The van der Waals surface area contributed by atoms with E-state index in [-0.39, 0.29) is 24.2 Å². The third-order valence-electron chi connectivity index (χ3n) is 5.10. The number of nitrogens with zero attached hydrogens (tertiary/aromatic N) is 4. The number of carbonyl (C=O) groups excluding carboxylic acids is 1. The van der Waals surface area contributed by atoms with Crippen LogP contribution in [0, 0.1) is 0 Å². The Hall–Kier alpha value is -3.30. The van der Waals surface area contributed by atoms with Gasteiger partial charge in [-0.3, -0.25) is 0 Å². The average molecular weight is 419 g/mol. The number of urea groups is 1. The molecule has 0 aliphatic carbocycles. The Morgan fingerprint density at radius 1 is 1.27 bits per heavy atom. The largest absolute Gasteiger partial charge is 0.573 e. The smallest absolute Gasteiger partial charge is 0.406 e. The number of alkyl halides is 3. The van der Waals surface area contributed by atoms with Gasteiger partial charge < -0.3 is 19.5 Å². The van der Waals surface area contributed by atoms with Gasteiger partial charge in [-0.05, 0) is 36.2 Å². The predicted octanol–water partition coefficient (Wildman–Crippen LogP) is 3.57. The van der Waals surface area contributed by atoms with Crippen LogP contribution in [0.3, 0.4) is 0 Å². The number of fused-ring (bicyclic) bond motifs is 1. The summed E-state index contributed by atoms with van der Waals surface area (Å²) >= 11 is 0. The van der Waals surface area contributed by atoms with E-state index < -0.39 is 6.36 Å². The lowest BCUT2D eigenvalue weighted by Gasteiger charge is -2.17. The fourth-order valence-electron chi connectivity index (χ4n) is 3.66. The molecule has 1 aliphatic heterocycles. The lowest BCUT2D eigenvalue weighted by atomic mass is 10.1. The average Bonchev–Trinajstić information content (AvgIpc) is 3.31. The van der Waals surface area contributed by atoms with Gasteiger partial charge in [0.15, 0.2) is 5.65 Å². The summed E-state index contributed by atoms with van der Waals surface area (Å²) in [5, 5.41) is 2.81.